The van der Waals surface area contributed by atoms with E-state index in [0.717, 1.165) is 3.57 Å². The summed E-state index contributed by atoms with van der Waals surface area (Å²) in [6.45, 7) is 2.02. The molecule has 0 saturated heterocycles. The molecule has 2 aromatic rings. The number of esters is 1. The van der Waals surface area contributed by atoms with Gasteiger partial charge in [0.25, 0.3) is 0 Å². The van der Waals surface area contributed by atoms with Crippen LogP contribution in [0.5, 0.6) is 0 Å². The molecule has 7 heteroatoms. The van der Waals surface area contributed by atoms with Crippen molar-refractivity contribution in [2.24, 2.45) is 0 Å². The Morgan fingerprint density at radius 1 is 1.58 bits per heavy atom. The van der Waals surface area contributed by atoms with Crippen LogP contribution >= 0.6 is 34.2 Å². The van der Waals surface area contributed by atoms with Crippen LogP contribution in [0.2, 0.25) is 5.02 Å². The third-order valence-corrected chi connectivity index (χ3v) is 3.21. The van der Waals surface area contributed by atoms with Gasteiger partial charge in [-0.1, -0.05) is 11.6 Å². The molecule has 1 aromatic heterocycles. The first kappa shape index (κ1) is 14.1. The Kier molecular flexibility index (Phi) is 4.31. The summed E-state index contributed by atoms with van der Waals surface area (Å²) >= 11 is 8.30. The quantitative estimate of drug-likeness (QED) is 0.496. The van der Waals surface area contributed by atoms with Crippen molar-refractivity contribution in [3.63, 3.8) is 0 Å². The number of anilines is 1. The first-order valence-corrected chi connectivity index (χ1v) is 6.95. The lowest BCUT2D eigenvalue weighted by atomic mass is 10.1. The van der Waals surface area contributed by atoms with E-state index in [1.54, 1.807) is 25.4 Å². The summed E-state index contributed by atoms with van der Waals surface area (Å²) in [5.74, 6) is -0.475. The molecular formula is C12H11ClIN3O2. The zero-order valence-electron chi connectivity index (χ0n) is 10.1. The molecule has 0 aliphatic rings. The minimum atomic E-state index is -0.475. The number of hydrogen-bond acceptors (Lipinski definition) is 4. The molecular weight excluding hydrogens is 381 g/mol. The summed E-state index contributed by atoms with van der Waals surface area (Å²) in [4.78, 5) is 12.0. The molecule has 5 nitrogen and oxygen atoms in total. The number of carbonyl (C=O) groups is 1. The molecule has 2 N–H and O–H groups in total. The summed E-state index contributed by atoms with van der Waals surface area (Å²) in [6.07, 6.45) is 3.43. The number of rotatable bonds is 3. The van der Waals surface area contributed by atoms with Gasteiger partial charge >= 0.3 is 5.97 Å². The zero-order chi connectivity index (χ0) is 14.0. The van der Waals surface area contributed by atoms with Crippen molar-refractivity contribution in [3.05, 3.63) is 38.7 Å². The largest absolute Gasteiger partial charge is 0.462 e. The van der Waals surface area contributed by atoms with Gasteiger partial charge in [-0.25, -0.2) is 9.48 Å². The van der Waals surface area contributed by atoms with E-state index in [0.29, 0.717) is 22.0 Å². The highest BCUT2D eigenvalue weighted by Gasteiger charge is 2.19. The maximum atomic E-state index is 12.0. The van der Waals surface area contributed by atoms with E-state index >= 15 is 0 Å². The molecule has 0 amide bonds. The molecule has 0 aliphatic carbocycles. The van der Waals surface area contributed by atoms with E-state index in [-0.39, 0.29) is 6.61 Å². The fraction of sp³-hybridized carbons (Fsp3) is 0.167. The number of aromatic nitrogens is 2. The van der Waals surface area contributed by atoms with Gasteiger partial charge < -0.3 is 10.5 Å². The number of benzene rings is 1. The smallest absolute Gasteiger partial charge is 0.340 e. The monoisotopic (exact) mass is 391 g/mol. The van der Waals surface area contributed by atoms with Crippen molar-refractivity contribution in [1.29, 1.82) is 0 Å². The van der Waals surface area contributed by atoms with E-state index in [9.17, 15) is 4.79 Å². The van der Waals surface area contributed by atoms with Crippen LogP contribution in [0.15, 0.2) is 24.5 Å². The van der Waals surface area contributed by atoms with Gasteiger partial charge in [0.05, 0.1) is 32.6 Å². The van der Waals surface area contributed by atoms with E-state index in [4.69, 9.17) is 22.1 Å². The molecule has 0 aliphatic heterocycles. The minimum absolute atomic E-state index is 0.279. The molecule has 0 radical (unpaired) electrons. The van der Waals surface area contributed by atoms with Gasteiger partial charge in [-0.2, -0.15) is 5.10 Å². The molecule has 100 valence electrons. The number of nitrogen functional groups attached to an aromatic ring is 1. The second-order valence-corrected chi connectivity index (χ2v) is 5.38. The van der Waals surface area contributed by atoms with Crippen LogP contribution in [0.1, 0.15) is 17.3 Å². The molecule has 0 atom stereocenters. The maximum Gasteiger partial charge on any atom is 0.340 e. The summed E-state index contributed by atoms with van der Waals surface area (Å²) in [7, 11) is 0. The predicted molar refractivity (Wildman–Crippen MR) is 81.7 cm³/mol. The lowest BCUT2D eigenvalue weighted by Crippen LogP contribution is -2.11. The molecule has 19 heavy (non-hydrogen) atoms. The van der Waals surface area contributed by atoms with Gasteiger partial charge in [-0.05, 0) is 41.6 Å². The Labute approximate surface area is 128 Å². The standard InChI is InChI=1S/C12H11ClIN3O2/c1-2-19-12(18)9-3-8(15)4-10(13)11(9)17-6-7(14)5-16-17/h3-6H,2,15H2,1H3. The highest BCUT2D eigenvalue weighted by atomic mass is 127. The Morgan fingerprint density at radius 3 is 2.89 bits per heavy atom. The van der Waals surface area contributed by atoms with Crippen molar-refractivity contribution in [1.82, 2.24) is 9.78 Å². The Morgan fingerprint density at radius 2 is 2.32 bits per heavy atom. The summed E-state index contributed by atoms with van der Waals surface area (Å²) < 4.78 is 7.48. The SMILES string of the molecule is CCOC(=O)c1cc(N)cc(Cl)c1-n1cc(I)cn1. The number of hydrogen-bond donors (Lipinski definition) is 1. The fourth-order valence-corrected chi connectivity index (χ4v) is 2.34. The average Bonchev–Trinajstić information content (AvgIpc) is 2.74. The van der Waals surface area contributed by atoms with Crippen LogP contribution in [0, 0.1) is 3.57 Å². The van der Waals surface area contributed by atoms with Crippen molar-refractivity contribution in [2.75, 3.05) is 12.3 Å². The topological polar surface area (TPSA) is 70.1 Å². The maximum absolute atomic E-state index is 12.0. The van der Waals surface area contributed by atoms with E-state index in [1.165, 1.54) is 10.7 Å². The molecule has 0 bridgehead atoms. The third kappa shape index (κ3) is 3.01. The summed E-state index contributed by atoms with van der Waals surface area (Å²) in [5, 5.41) is 4.51. The molecule has 0 fully saturated rings. The van der Waals surface area contributed by atoms with Crippen LogP contribution in [0.4, 0.5) is 5.69 Å². The molecule has 1 heterocycles. The first-order chi connectivity index (χ1) is 9.02. The highest BCUT2D eigenvalue weighted by molar-refractivity contribution is 14.1. The van der Waals surface area contributed by atoms with Gasteiger partial charge in [0, 0.05) is 11.9 Å². The number of nitrogens with zero attached hydrogens (tertiary/aromatic N) is 2. The third-order valence-electron chi connectivity index (χ3n) is 2.36. The van der Waals surface area contributed by atoms with Crippen LogP contribution in [-0.4, -0.2) is 22.4 Å². The summed E-state index contributed by atoms with van der Waals surface area (Å²) in [5.41, 5.74) is 6.89. The number of halogens is 2. The summed E-state index contributed by atoms with van der Waals surface area (Å²) in [6, 6.07) is 3.11. The van der Waals surface area contributed by atoms with Crippen LogP contribution < -0.4 is 5.73 Å². The lowest BCUT2D eigenvalue weighted by molar-refractivity contribution is 0.0526. The predicted octanol–water partition coefficient (Wildman–Crippen LogP) is 2.89. The molecule has 0 spiro atoms. The Bertz CT molecular complexity index is 627. The molecule has 2 rings (SSSR count). The number of ether oxygens (including phenoxy) is 1. The van der Waals surface area contributed by atoms with Gasteiger partial charge in [-0.3, -0.25) is 0 Å². The van der Waals surface area contributed by atoms with Crippen molar-refractivity contribution < 1.29 is 9.53 Å². The van der Waals surface area contributed by atoms with Gasteiger partial charge in [0.1, 0.15) is 0 Å². The zero-order valence-corrected chi connectivity index (χ0v) is 13.0. The minimum Gasteiger partial charge on any atom is -0.462 e. The highest BCUT2D eigenvalue weighted by Crippen LogP contribution is 2.28. The van der Waals surface area contributed by atoms with Gasteiger partial charge in [-0.15, -0.1) is 0 Å². The number of carbonyl (C=O) groups excluding carboxylic acids is 1. The first-order valence-electron chi connectivity index (χ1n) is 5.49. The van der Waals surface area contributed by atoms with Crippen molar-refractivity contribution >= 4 is 45.8 Å². The second kappa shape index (κ2) is 5.79. The van der Waals surface area contributed by atoms with Crippen LogP contribution in [-0.2, 0) is 4.74 Å². The Balaban J connectivity index is 2.61. The fourth-order valence-electron chi connectivity index (χ4n) is 1.64. The lowest BCUT2D eigenvalue weighted by Gasteiger charge is -2.11. The van der Waals surface area contributed by atoms with Crippen molar-refractivity contribution in [3.8, 4) is 5.69 Å². The van der Waals surface area contributed by atoms with Gasteiger partial charge in [0.2, 0.25) is 0 Å². The van der Waals surface area contributed by atoms with E-state index < -0.39 is 5.97 Å². The van der Waals surface area contributed by atoms with E-state index in [2.05, 4.69) is 27.7 Å². The van der Waals surface area contributed by atoms with Gasteiger partial charge in [0.15, 0.2) is 0 Å². The molecule has 0 saturated carbocycles. The van der Waals surface area contributed by atoms with Crippen molar-refractivity contribution in [2.45, 2.75) is 6.92 Å². The normalized spacial score (nSPS) is 10.5. The van der Waals surface area contributed by atoms with Crippen LogP contribution in [0.3, 0.4) is 0 Å². The molecule has 0 unspecified atom stereocenters. The second-order valence-electron chi connectivity index (χ2n) is 3.72. The van der Waals surface area contributed by atoms with E-state index in [1.807, 2.05) is 0 Å². The van der Waals surface area contributed by atoms with Crippen LogP contribution in [0.25, 0.3) is 5.69 Å². The average molecular weight is 392 g/mol. The Hall–Kier alpha value is -1.28. The number of nitrogens with two attached hydrogens (primary N) is 1. The molecule has 1 aromatic carbocycles.